The number of hydrogen-bond donors (Lipinski definition) is 1. The summed E-state index contributed by atoms with van der Waals surface area (Å²) in [6.07, 6.45) is 1.25. The number of benzene rings is 2. The van der Waals surface area contributed by atoms with Gasteiger partial charge in [-0.2, -0.15) is 0 Å². The van der Waals surface area contributed by atoms with E-state index in [0.29, 0.717) is 16.5 Å². The van der Waals surface area contributed by atoms with Crippen LogP contribution >= 0.6 is 0 Å². The average molecular weight is 266 g/mol. The van der Waals surface area contributed by atoms with Gasteiger partial charge in [0.05, 0.1) is 16.0 Å². The Morgan fingerprint density at radius 3 is 2.55 bits per heavy atom. The van der Waals surface area contributed by atoms with Gasteiger partial charge in [-0.05, 0) is 23.8 Å². The Labute approximate surface area is 114 Å². The smallest absolute Gasteiger partial charge is 0.295 e. The van der Waals surface area contributed by atoms with Crippen molar-refractivity contribution in [2.75, 3.05) is 0 Å². The summed E-state index contributed by atoms with van der Waals surface area (Å²) in [7, 11) is 0. The Morgan fingerprint density at radius 2 is 1.85 bits per heavy atom. The summed E-state index contributed by atoms with van der Waals surface area (Å²) in [4.78, 5) is 14.8. The Bertz CT molecular complexity index is 801. The highest BCUT2D eigenvalue weighted by molar-refractivity contribution is 5.99. The quantitative estimate of drug-likeness (QED) is 0.568. The summed E-state index contributed by atoms with van der Waals surface area (Å²) < 4.78 is 0. The Morgan fingerprint density at radius 1 is 1.10 bits per heavy atom. The van der Waals surface area contributed by atoms with Gasteiger partial charge in [0.15, 0.2) is 0 Å². The minimum Gasteiger partial charge on any atom is -0.508 e. The van der Waals surface area contributed by atoms with E-state index in [1.165, 1.54) is 18.3 Å². The van der Waals surface area contributed by atoms with E-state index >= 15 is 0 Å². The van der Waals surface area contributed by atoms with E-state index in [1.807, 2.05) is 18.2 Å². The number of phenolic OH excluding ortho intramolecular Hbond substituents is 1. The molecule has 0 saturated heterocycles. The molecule has 0 unspecified atom stereocenters. The molecule has 3 aromatic rings. The number of nitro groups is 1. The molecule has 98 valence electrons. The molecule has 0 aliphatic rings. The number of pyridine rings is 1. The minimum atomic E-state index is -0.460. The van der Waals surface area contributed by atoms with Crippen molar-refractivity contribution in [1.29, 1.82) is 0 Å². The summed E-state index contributed by atoms with van der Waals surface area (Å²) in [5.74, 6) is 0.0528. The minimum absolute atomic E-state index is 0.0528. The molecule has 0 amide bonds. The predicted octanol–water partition coefficient (Wildman–Crippen LogP) is 3.52. The molecule has 1 heterocycles. The largest absolute Gasteiger partial charge is 0.508 e. The van der Waals surface area contributed by atoms with Crippen LogP contribution in [0, 0.1) is 10.1 Å². The van der Waals surface area contributed by atoms with Crippen LogP contribution in [0.25, 0.3) is 22.0 Å². The van der Waals surface area contributed by atoms with Crippen molar-refractivity contribution in [3.8, 4) is 16.9 Å². The molecule has 5 heteroatoms. The molecule has 20 heavy (non-hydrogen) atoms. The number of phenols is 1. The second-order valence-corrected chi connectivity index (χ2v) is 4.34. The van der Waals surface area contributed by atoms with Gasteiger partial charge in [-0.3, -0.25) is 10.1 Å². The first-order valence-corrected chi connectivity index (χ1v) is 5.98. The summed E-state index contributed by atoms with van der Waals surface area (Å²) in [6, 6.07) is 13.7. The Kier molecular flexibility index (Phi) is 2.80. The number of nitrogens with zero attached hydrogens (tertiary/aromatic N) is 2. The molecular formula is C15H10N2O3. The van der Waals surface area contributed by atoms with Crippen LogP contribution in [0.15, 0.2) is 54.7 Å². The van der Waals surface area contributed by atoms with Crippen LogP contribution in [0.2, 0.25) is 0 Å². The SMILES string of the molecule is O=[N+]([O-])c1cnc2ccc(O)cc2c1-c1ccccc1. The zero-order valence-corrected chi connectivity index (χ0v) is 10.4. The van der Waals surface area contributed by atoms with E-state index in [-0.39, 0.29) is 11.4 Å². The van der Waals surface area contributed by atoms with Crippen molar-refractivity contribution in [1.82, 2.24) is 4.98 Å². The fraction of sp³-hybridized carbons (Fsp3) is 0. The third-order valence-electron chi connectivity index (χ3n) is 3.09. The van der Waals surface area contributed by atoms with Gasteiger partial charge in [-0.25, -0.2) is 4.98 Å². The predicted molar refractivity (Wildman–Crippen MR) is 75.5 cm³/mol. The molecule has 1 aromatic heterocycles. The van der Waals surface area contributed by atoms with Crippen molar-refractivity contribution < 1.29 is 10.0 Å². The molecule has 3 rings (SSSR count). The van der Waals surface area contributed by atoms with Crippen LogP contribution in [0.3, 0.4) is 0 Å². The highest BCUT2D eigenvalue weighted by Gasteiger charge is 2.19. The lowest BCUT2D eigenvalue weighted by atomic mass is 9.99. The molecule has 0 atom stereocenters. The Balaban J connectivity index is 2.44. The normalized spacial score (nSPS) is 10.6. The van der Waals surface area contributed by atoms with Gasteiger partial charge in [0.25, 0.3) is 5.69 Å². The lowest BCUT2D eigenvalue weighted by Crippen LogP contribution is -1.95. The third-order valence-corrected chi connectivity index (χ3v) is 3.09. The molecule has 0 bridgehead atoms. The second-order valence-electron chi connectivity index (χ2n) is 4.34. The summed E-state index contributed by atoms with van der Waals surface area (Å²) in [5, 5.41) is 21.4. The van der Waals surface area contributed by atoms with E-state index in [9.17, 15) is 15.2 Å². The molecule has 1 N–H and O–H groups in total. The van der Waals surface area contributed by atoms with Crippen LogP contribution in [0.5, 0.6) is 5.75 Å². The van der Waals surface area contributed by atoms with Gasteiger partial charge in [-0.1, -0.05) is 30.3 Å². The standard InChI is InChI=1S/C15H10N2O3/c18-11-6-7-13-12(8-11)15(10-4-2-1-3-5-10)14(9-16-13)17(19)20/h1-9,18H. The topological polar surface area (TPSA) is 76.3 Å². The fourth-order valence-corrected chi connectivity index (χ4v) is 2.22. The molecular weight excluding hydrogens is 256 g/mol. The molecule has 2 aromatic carbocycles. The third kappa shape index (κ3) is 1.95. The van der Waals surface area contributed by atoms with Crippen molar-refractivity contribution in [3.05, 3.63) is 64.8 Å². The van der Waals surface area contributed by atoms with Crippen LogP contribution in [0.1, 0.15) is 0 Å². The van der Waals surface area contributed by atoms with E-state index in [0.717, 1.165) is 5.56 Å². The first kappa shape index (κ1) is 12.1. The molecule has 0 saturated carbocycles. The zero-order chi connectivity index (χ0) is 14.1. The van der Waals surface area contributed by atoms with Crippen LogP contribution in [-0.4, -0.2) is 15.0 Å². The number of aromatic nitrogens is 1. The number of fused-ring (bicyclic) bond motifs is 1. The van der Waals surface area contributed by atoms with E-state index in [4.69, 9.17) is 0 Å². The van der Waals surface area contributed by atoms with E-state index in [2.05, 4.69) is 4.98 Å². The van der Waals surface area contributed by atoms with E-state index < -0.39 is 4.92 Å². The number of aromatic hydroxyl groups is 1. The van der Waals surface area contributed by atoms with Crippen molar-refractivity contribution >= 4 is 16.6 Å². The molecule has 0 radical (unpaired) electrons. The summed E-state index contributed by atoms with van der Waals surface area (Å²) >= 11 is 0. The maximum Gasteiger partial charge on any atom is 0.295 e. The lowest BCUT2D eigenvalue weighted by Gasteiger charge is -2.07. The molecule has 0 spiro atoms. The highest BCUT2D eigenvalue weighted by Crippen LogP contribution is 2.36. The van der Waals surface area contributed by atoms with E-state index in [1.54, 1.807) is 18.2 Å². The average Bonchev–Trinajstić information content (AvgIpc) is 2.46. The first-order chi connectivity index (χ1) is 9.66. The summed E-state index contributed by atoms with van der Waals surface area (Å²) in [6.45, 7) is 0. The van der Waals surface area contributed by atoms with Crippen LogP contribution in [-0.2, 0) is 0 Å². The second kappa shape index (κ2) is 4.62. The lowest BCUT2D eigenvalue weighted by molar-refractivity contribution is -0.384. The highest BCUT2D eigenvalue weighted by atomic mass is 16.6. The maximum absolute atomic E-state index is 11.2. The van der Waals surface area contributed by atoms with Crippen molar-refractivity contribution in [2.24, 2.45) is 0 Å². The van der Waals surface area contributed by atoms with Gasteiger partial charge in [0.2, 0.25) is 0 Å². The fourth-order valence-electron chi connectivity index (χ4n) is 2.22. The van der Waals surface area contributed by atoms with Crippen LogP contribution < -0.4 is 0 Å². The van der Waals surface area contributed by atoms with Crippen molar-refractivity contribution in [2.45, 2.75) is 0 Å². The molecule has 0 fully saturated rings. The molecule has 5 nitrogen and oxygen atoms in total. The zero-order valence-electron chi connectivity index (χ0n) is 10.4. The summed E-state index contributed by atoms with van der Waals surface area (Å²) in [5.41, 5.74) is 1.72. The van der Waals surface area contributed by atoms with Crippen LogP contribution in [0.4, 0.5) is 5.69 Å². The van der Waals surface area contributed by atoms with Gasteiger partial charge < -0.3 is 5.11 Å². The number of rotatable bonds is 2. The van der Waals surface area contributed by atoms with Gasteiger partial charge in [-0.15, -0.1) is 0 Å². The monoisotopic (exact) mass is 266 g/mol. The number of hydrogen-bond acceptors (Lipinski definition) is 4. The first-order valence-electron chi connectivity index (χ1n) is 5.98. The maximum atomic E-state index is 11.2. The Hall–Kier alpha value is -2.95. The molecule has 0 aliphatic carbocycles. The van der Waals surface area contributed by atoms with Gasteiger partial charge in [0, 0.05) is 5.39 Å². The van der Waals surface area contributed by atoms with Gasteiger partial charge in [0.1, 0.15) is 11.9 Å². The van der Waals surface area contributed by atoms with Crippen molar-refractivity contribution in [3.63, 3.8) is 0 Å². The van der Waals surface area contributed by atoms with Gasteiger partial charge >= 0.3 is 0 Å². The molecule has 0 aliphatic heterocycles.